The quantitative estimate of drug-likeness (QED) is 0.617. The Hall–Kier alpha value is -2.26. The Balaban J connectivity index is 0.000000409. The summed E-state index contributed by atoms with van der Waals surface area (Å²) in [7, 11) is 4.15. The van der Waals surface area contributed by atoms with Gasteiger partial charge < -0.3 is 14.8 Å². The monoisotopic (exact) mass is 400 g/mol. The minimum Gasteiger partial charge on any atom is -0.332 e. The van der Waals surface area contributed by atoms with Crippen molar-refractivity contribution in [1.29, 1.82) is 0 Å². The smallest absolute Gasteiger partial charge is 0.332 e. The minimum atomic E-state index is -4.64. The van der Waals surface area contributed by atoms with Gasteiger partial charge in [0.05, 0.1) is 11.7 Å². The number of aldehydes is 1. The summed E-state index contributed by atoms with van der Waals surface area (Å²) in [6.45, 7) is 2.94. The van der Waals surface area contributed by atoms with Crippen LogP contribution >= 0.6 is 0 Å². The molecule has 28 heavy (non-hydrogen) atoms. The van der Waals surface area contributed by atoms with E-state index in [9.17, 15) is 17.6 Å². The fourth-order valence-corrected chi connectivity index (χ4v) is 2.86. The molecule has 0 radical (unpaired) electrons. The molecule has 1 N–H and O–H groups in total. The van der Waals surface area contributed by atoms with Crippen LogP contribution in [0.25, 0.3) is 11.3 Å². The summed E-state index contributed by atoms with van der Waals surface area (Å²) in [5.41, 5.74) is 1.88. The minimum absolute atomic E-state index is 0.214. The van der Waals surface area contributed by atoms with Gasteiger partial charge in [0.25, 0.3) is 0 Å². The molecule has 0 unspecified atom stereocenters. The van der Waals surface area contributed by atoms with Gasteiger partial charge in [-0.15, -0.1) is 0 Å². The largest absolute Gasteiger partial charge is 0.446 e. The SMILES string of the molecule is CN(C)CCn1cc(-c2ccc(F)cc2)nc1[C@@H]1CCCN1.O=CC(F)(F)F. The van der Waals surface area contributed by atoms with Crippen LogP contribution in [0.2, 0.25) is 0 Å². The summed E-state index contributed by atoms with van der Waals surface area (Å²) in [5.74, 6) is 0.882. The molecule has 5 nitrogen and oxygen atoms in total. The normalized spacial score (nSPS) is 16.8. The molecule has 1 fully saturated rings. The zero-order valence-electron chi connectivity index (χ0n) is 15.8. The summed E-state index contributed by atoms with van der Waals surface area (Å²) in [6, 6.07) is 6.89. The molecule has 1 aliphatic rings. The van der Waals surface area contributed by atoms with Crippen LogP contribution in [0.5, 0.6) is 0 Å². The molecule has 154 valence electrons. The number of halogens is 4. The van der Waals surface area contributed by atoms with E-state index < -0.39 is 12.5 Å². The summed E-state index contributed by atoms with van der Waals surface area (Å²) in [5, 5.41) is 3.52. The Labute approximate surface area is 161 Å². The van der Waals surface area contributed by atoms with Gasteiger partial charge in [-0.3, -0.25) is 4.79 Å². The van der Waals surface area contributed by atoms with Gasteiger partial charge in [-0.2, -0.15) is 13.2 Å². The number of imidazole rings is 1. The molecule has 2 aromatic rings. The lowest BCUT2D eigenvalue weighted by Gasteiger charge is -2.15. The van der Waals surface area contributed by atoms with E-state index >= 15 is 0 Å². The van der Waals surface area contributed by atoms with Gasteiger partial charge in [-0.05, 0) is 57.7 Å². The number of carbonyl (C=O) groups is 1. The van der Waals surface area contributed by atoms with Crippen molar-refractivity contribution in [2.75, 3.05) is 27.2 Å². The molecule has 3 rings (SSSR count). The van der Waals surface area contributed by atoms with Crippen molar-refractivity contribution in [1.82, 2.24) is 19.8 Å². The molecular formula is C19H24F4N4O. The molecule has 0 aliphatic carbocycles. The zero-order chi connectivity index (χ0) is 20.7. The summed E-state index contributed by atoms with van der Waals surface area (Å²) in [6.07, 6.45) is -1.29. The van der Waals surface area contributed by atoms with Gasteiger partial charge in [-0.1, -0.05) is 0 Å². The molecule has 0 saturated carbocycles. The molecule has 1 atom stereocenters. The van der Waals surface area contributed by atoms with Crippen molar-refractivity contribution in [2.24, 2.45) is 0 Å². The number of nitrogens with zero attached hydrogens (tertiary/aromatic N) is 3. The Morgan fingerprint density at radius 1 is 1.29 bits per heavy atom. The Morgan fingerprint density at radius 2 is 1.93 bits per heavy atom. The third-order valence-corrected chi connectivity index (χ3v) is 4.24. The zero-order valence-corrected chi connectivity index (χ0v) is 15.8. The number of hydrogen-bond donors (Lipinski definition) is 1. The first-order valence-corrected chi connectivity index (χ1v) is 8.94. The first kappa shape index (κ1) is 22.0. The maximum absolute atomic E-state index is 13.1. The summed E-state index contributed by atoms with van der Waals surface area (Å²) >= 11 is 0. The molecule has 1 aliphatic heterocycles. The van der Waals surface area contributed by atoms with E-state index in [1.807, 2.05) is 0 Å². The van der Waals surface area contributed by atoms with E-state index in [1.165, 1.54) is 18.6 Å². The van der Waals surface area contributed by atoms with Gasteiger partial charge in [0.15, 0.2) is 0 Å². The molecule has 0 spiro atoms. The molecule has 2 heterocycles. The molecular weight excluding hydrogens is 376 g/mol. The van der Waals surface area contributed by atoms with Crippen molar-refractivity contribution in [3.8, 4) is 11.3 Å². The lowest BCUT2D eigenvalue weighted by atomic mass is 10.2. The highest BCUT2D eigenvalue weighted by Crippen LogP contribution is 2.26. The standard InChI is InChI=1S/C17H23FN4.C2HF3O/c1-21(2)10-11-22-12-16(13-5-7-14(18)8-6-13)20-17(22)15-4-3-9-19-15;3-2(4,5)1-6/h5-8,12,15,19H,3-4,9-11H2,1-2H3;1H/t15-;/m0./s1. The van der Waals surface area contributed by atoms with Crippen molar-refractivity contribution >= 4 is 6.29 Å². The number of likely N-dealkylation sites (N-methyl/N-ethyl adjacent to an activating group) is 1. The van der Waals surface area contributed by atoms with Gasteiger partial charge in [0, 0.05) is 24.8 Å². The van der Waals surface area contributed by atoms with Crippen LogP contribution in [-0.4, -0.2) is 54.1 Å². The second kappa shape index (κ2) is 9.79. The van der Waals surface area contributed by atoms with Gasteiger partial charge in [-0.25, -0.2) is 9.37 Å². The Kier molecular flexibility index (Phi) is 7.70. The fraction of sp³-hybridized carbons (Fsp3) is 0.474. The van der Waals surface area contributed by atoms with E-state index in [2.05, 4.69) is 35.1 Å². The summed E-state index contributed by atoms with van der Waals surface area (Å²) in [4.78, 5) is 15.7. The third-order valence-electron chi connectivity index (χ3n) is 4.24. The molecule has 0 amide bonds. The second-order valence-corrected chi connectivity index (χ2v) is 6.80. The maximum Gasteiger partial charge on any atom is 0.446 e. The van der Waals surface area contributed by atoms with Gasteiger partial charge in [0.2, 0.25) is 6.29 Å². The van der Waals surface area contributed by atoms with E-state index in [4.69, 9.17) is 9.78 Å². The van der Waals surface area contributed by atoms with E-state index in [0.717, 1.165) is 43.1 Å². The van der Waals surface area contributed by atoms with Crippen LogP contribution in [0.1, 0.15) is 24.7 Å². The third kappa shape index (κ3) is 6.72. The highest BCUT2D eigenvalue weighted by molar-refractivity contribution is 5.58. The van der Waals surface area contributed by atoms with Crippen molar-refractivity contribution < 1.29 is 22.4 Å². The Bertz CT molecular complexity index is 750. The van der Waals surface area contributed by atoms with E-state index in [1.54, 1.807) is 12.1 Å². The number of alkyl halides is 3. The Morgan fingerprint density at radius 3 is 2.43 bits per heavy atom. The predicted octanol–water partition coefficient (Wildman–Crippen LogP) is 3.42. The topological polar surface area (TPSA) is 50.2 Å². The molecule has 1 saturated heterocycles. The lowest BCUT2D eigenvalue weighted by Crippen LogP contribution is -2.22. The number of carbonyl (C=O) groups excluding carboxylic acids is 1. The first-order chi connectivity index (χ1) is 13.2. The fourth-order valence-electron chi connectivity index (χ4n) is 2.86. The molecule has 1 aromatic carbocycles. The molecule has 0 bridgehead atoms. The van der Waals surface area contributed by atoms with Crippen molar-refractivity contribution in [2.45, 2.75) is 31.6 Å². The average molecular weight is 400 g/mol. The number of benzene rings is 1. The first-order valence-electron chi connectivity index (χ1n) is 8.94. The number of rotatable bonds is 5. The highest BCUT2D eigenvalue weighted by Gasteiger charge is 2.25. The summed E-state index contributed by atoms with van der Waals surface area (Å²) < 4.78 is 46.6. The van der Waals surface area contributed by atoms with Crippen LogP contribution in [0, 0.1) is 5.82 Å². The molecule has 1 aromatic heterocycles. The van der Waals surface area contributed by atoms with Crippen LogP contribution < -0.4 is 5.32 Å². The van der Waals surface area contributed by atoms with Crippen LogP contribution in [0.15, 0.2) is 30.5 Å². The maximum atomic E-state index is 13.1. The van der Waals surface area contributed by atoms with Crippen molar-refractivity contribution in [3.63, 3.8) is 0 Å². The van der Waals surface area contributed by atoms with Crippen LogP contribution in [-0.2, 0) is 11.3 Å². The average Bonchev–Trinajstić information content (AvgIpc) is 3.30. The van der Waals surface area contributed by atoms with E-state index in [-0.39, 0.29) is 5.82 Å². The molecule has 9 heteroatoms. The van der Waals surface area contributed by atoms with Gasteiger partial charge in [0.1, 0.15) is 11.6 Å². The van der Waals surface area contributed by atoms with Crippen molar-refractivity contribution in [3.05, 3.63) is 42.1 Å². The predicted molar refractivity (Wildman–Crippen MR) is 98.3 cm³/mol. The highest BCUT2D eigenvalue weighted by atomic mass is 19.4. The van der Waals surface area contributed by atoms with Crippen LogP contribution in [0.3, 0.4) is 0 Å². The number of aromatic nitrogens is 2. The second-order valence-electron chi connectivity index (χ2n) is 6.80. The van der Waals surface area contributed by atoms with E-state index in [0.29, 0.717) is 6.04 Å². The number of hydrogen-bond acceptors (Lipinski definition) is 4. The van der Waals surface area contributed by atoms with Crippen LogP contribution in [0.4, 0.5) is 17.6 Å². The number of nitrogens with one attached hydrogen (secondary N) is 1. The van der Waals surface area contributed by atoms with Gasteiger partial charge >= 0.3 is 6.18 Å². The lowest BCUT2D eigenvalue weighted by molar-refractivity contribution is -0.156.